The van der Waals surface area contributed by atoms with Crippen LogP contribution in [0.15, 0.2) is 42.7 Å². The van der Waals surface area contributed by atoms with Gasteiger partial charge in [0.15, 0.2) is 0 Å². The number of halogens is 1. The Balaban J connectivity index is 1.45. The Labute approximate surface area is 168 Å². The molecule has 0 unspecified atom stereocenters. The van der Waals surface area contributed by atoms with E-state index < -0.39 is 5.41 Å². The van der Waals surface area contributed by atoms with E-state index >= 15 is 0 Å². The second-order valence-corrected chi connectivity index (χ2v) is 8.21. The van der Waals surface area contributed by atoms with Gasteiger partial charge in [-0.2, -0.15) is 5.10 Å². The Kier molecular flexibility index (Phi) is 4.02. The molecule has 5 rings (SSSR count). The molecule has 1 N–H and O–H groups in total. The van der Waals surface area contributed by atoms with Gasteiger partial charge in [-0.1, -0.05) is 23.7 Å². The van der Waals surface area contributed by atoms with Crippen LogP contribution in [0, 0.1) is 6.92 Å². The number of aryl methyl sites for hydroxylation is 1. The second kappa shape index (κ2) is 6.45. The Bertz CT molecular complexity index is 1060. The number of aromatic amines is 1. The summed E-state index contributed by atoms with van der Waals surface area (Å²) in [5.41, 5.74) is 5.78. The predicted molar refractivity (Wildman–Crippen MR) is 108 cm³/mol. The van der Waals surface area contributed by atoms with Crippen LogP contribution in [0.3, 0.4) is 0 Å². The summed E-state index contributed by atoms with van der Waals surface area (Å²) in [7, 11) is 0. The molecule has 1 aliphatic heterocycles. The molecule has 2 aromatic heterocycles. The lowest BCUT2D eigenvalue weighted by Gasteiger charge is -2.31. The SMILES string of the molecule is Cc1ccc(C2(C(=O)N3CCc4[nH]nc(-c5ccncc5)c4C3)CC2)c(Cl)c1. The molecule has 0 bridgehead atoms. The Morgan fingerprint density at radius 1 is 1.21 bits per heavy atom. The van der Waals surface area contributed by atoms with Crippen molar-refractivity contribution in [2.75, 3.05) is 6.54 Å². The largest absolute Gasteiger partial charge is 0.337 e. The van der Waals surface area contributed by atoms with E-state index in [-0.39, 0.29) is 5.91 Å². The molecule has 0 spiro atoms. The summed E-state index contributed by atoms with van der Waals surface area (Å²) in [6.07, 6.45) is 6.04. The molecule has 28 heavy (non-hydrogen) atoms. The van der Waals surface area contributed by atoms with Crippen LogP contribution >= 0.6 is 11.6 Å². The average molecular weight is 393 g/mol. The van der Waals surface area contributed by atoms with E-state index in [4.69, 9.17) is 11.6 Å². The van der Waals surface area contributed by atoms with E-state index in [1.54, 1.807) is 12.4 Å². The third kappa shape index (κ3) is 2.73. The zero-order chi connectivity index (χ0) is 19.3. The van der Waals surface area contributed by atoms with Gasteiger partial charge in [0, 0.05) is 53.7 Å². The summed E-state index contributed by atoms with van der Waals surface area (Å²) >= 11 is 6.51. The number of hydrogen-bond donors (Lipinski definition) is 1. The number of fused-ring (bicyclic) bond motifs is 1. The first-order valence-corrected chi connectivity index (χ1v) is 9.99. The van der Waals surface area contributed by atoms with Gasteiger partial charge in [0.2, 0.25) is 5.91 Å². The van der Waals surface area contributed by atoms with Crippen LogP contribution in [-0.4, -0.2) is 32.5 Å². The Morgan fingerprint density at radius 2 is 2.00 bits per heavy atom. The van der Waals surface area contributed by atoms with Gasteiger partial charge >= 0.3 is 0 Å². The number of carbonyl (C=O) groups is 1. The molecule has 0 atom stereocenters. The number of amides is 1. The number of aromatic nitrogens is 3. The highest BCUT2D eigenvalue weighted by molar-refractivity contribution is 6.32. The summed E-state index contributed by atoms with van der Waals surface area (Å²) in [5, 5.41) is 8.36. The van der Waals surface area contributed by atoms with Gasteiger partial charge in [0.1, 0.15) is 0 Å². The molecule has 1 amide bonds. The van der Waals surface area contributed by atoms with Crippen molar-refractivity contribution in [3.8, 4) is 11.3 Å². The number of pyridine rings is 1. The molecular weight excluding hydrogens is 372 g/mol. The van der Waals surface area contributed by atoms with Crippen LogP contribution < -0.4 is 0 Å². The zero-order valence-corrected chi connectivity index (χ0v) is 16.5. The zero-order valence-electron chi connectivity index (χ0n) is 15.7. The van der Waals surface area contributed by atoms with Gasteiger partial charge in [-0.25, -0.2) is 0 Å². The summed E-state index contributed by atoms with van der Waals surface area (Å²) in [6.45, 7) is 3.30. The smallest absolute Gasteiger partial charge is 0.233 e. The standard InChI is InChI=1S/C22H21ClN4O/c1-14-2-3-17(18(23)12-14)22(7-8-22)21(28)27-11-6-19-16(13-27)20(26-25-19)15-4-9-24-10-5-15/h2-5,9-10,12H,6-8,11,13H2,1H3,(H,25,26). The van der Waals surface area contributed by atoms with Gasteiger partial charge in [-0.15, -0.1) is 0 Å². The lowest BCUT2D eigenvalue weighted by molar-refractivity contribution is -0.134. The molecule has 6 heteroatoms. The van der Waals surface area contributed by atoms with Crippen LogP contribution in [0.25, 0.3) is 11.3 Å². The lowest BCUT2D eigenvalue weighted by atomic mass is 9.92. The van der Waals surface area contributed by atoms with Crippen LogP contribution in [-0.2, 0) is 23.2 Å². The van der Waals surface area contributed by atoms with E-state index in [0.29, 0.717) is 18.1 Å². The molecule has 5 nitrogen and oxygen atoms in total. The van der Waals surface area contributed by atoms with Crippen molar-refractivity contribution in [2.45, 2.75) is 38.1 Å². The molecule has 2 aliphatic rings. The molecule has 1 aliphatic carbocycles. The van der Waals surface area contributed by atoms with E-state index in [1.165, 1.54) is 0 Å². The predicted octanol–water partition coefficient (Wildman–Crippen LogP) is 4.05. The third-order valence-corrected chi connectivity index (χ3v) is 6.29. The molecule has 3 heterocycles. The molecule has 1 aromatic carbocycles. The third-order valence-electron chi connectivity index (χ3n) is 5.97. The highest BCUT2D eigenvalue weighted by Crippen LogP contribution is 2.52. The first-order chi connectivity index (χ1) is 13.6. The summed E-state index contributed by atoms with van der Waals surface area (Å²) in [6, 6.07) is 9.92. The lowest BCUT2D eigenvalue weighted by Crippen LogP contribution is -2.42. The molecule has 0 saturated heterocycles. The number of hydrogen-bond acceptors (Lipinski definition) is 3. The van der Waals surface area contributed by atoms with Crippen molar-refractivity contribution in [1.29, 1.82) is 0 Å². The van der Waals surface area contributed by atoms with Gasteiger partial charge in [-0.3, -0.25) is 14.9 Å². The van der Waals surface area contributed by atoms with E-state index in [1.807, 2.05) is 42.2 Å². The Hall–Kier alpha value is -2.66. The molecule has 1 fully saturated rings. The number of rotatable bonds is 3. The van der Waals surface area contributed by atoms with Gasteiger partial charge in [0.05, 0.1) is 11.1 Å². The molecule has 1 saturated carbocycles. The van der Waals surface area contributed by atoms with Crippen molar-refractivity contribution in [1.82, 2.24) is 20.1 Å². The van der Waals surface area contributed by atoms with Crippen molar-refractivity contribution in [3.63, 3.8) is 0 Å². The van der Waals surface area contributed by atoms with Crippen LogP contribution in [0.2, 0.25) is 5.02 Å². The maximum atomic E-state index is 13.5. The normalized spacial score (nSPS) is 17.3. The monoisotopic (exact) mass is 392 g/mol. The minimum Gasteiger partial charge on any atom is -0.337 e. The van der Waals surface area contributed by atoms with Crippen LogP contribution in [0.5, 0.6) is 0 Å². The van der Waals surface area contributed by atoms with Crippen molar-refractivity contribution < 1.29 is 4.79 Å². The number of benzene rings is 1. The maximum absolute atomic E-state index is 13.5. The topological polar surface area (TPSA) is 61.9 Å². The fourth-order valence-corrected chi connectivity index (χ4v) is 4.67. The number of H-pyrrole nitrogens is 1. The van der Waals surface area contributed by atoms with E-state index in [2.05, 4.69) is 15.2 Å². The van der Waals surface area contributed by atoms with Crippen molar-refractivity contribution in [2.24, 2.45) is 0 Å². The van der Waals surface area contributed by atoms with Gasteiger partial charge < -0.3 is 4.90 Å². The van der Waals surface area contributed by atoms with Crippen molar-refractivity contribution in [3.05, 3.63) is 70.1 Å². The van der Waals surface area contributed by atoms with E-state index in [0.717, 1.165) is 52.9 Å². The average Bonchev–Trinajstić information content (AvgIpc) is 3.40. The summed E-state index contributed by atoms with van der Waals surface area (Å²) in [5.74, 6) is 0.186. The summed E-state index contributed by atoms with van der Waals surface area (Å²) < 4.78 is 0. The second-order valence-electron chi connectivity index (χ2n) is 7.81. The van der Waals surface area contributed by atoms with Crippen LogP contribution in [0.1, 0.15) is 35.2 Å². The van der Waals surface area contributed by atoms with E-state index in [9.17, 15) is 4.79 Å². The fraction of sp³-hybridized carbons (Fsp3) is 0.318. The first-order valence-electron chi connectivity index (χ1n) is 9.61. The minimum absolute atomic E-state index is 0.186. The van der Waals surface area contributed by atoms with Gasteiger partial charge in [-0.05, 0) is 49.1 Å². The molecule has 142 valence electrons. The number of nitrogens with one attached hydrogen (secondary N) is 1. The summed E-state index contributed by atoms with van der Waals surface area (Å²) in [4.78, 5) is 19.6. The number of carbonyl (C=O) groups excluding carboxylic acids is 1. The fourth-order valence-electron chi connectivity index (χ4n) is 4.25. The molecular formula is C22H21ClN4O. The van der Waals surface area contributed by atoms with Crippen molar-refractivity contribution >= 4 is 17.5 Å². The Morgan fingerprint density at radius 3 is 2.71 bits per heavy atom. The quantitative estimate of drug-likeness (QED) is 0.731. The number of nitrogens with zero attached hydrogens (tertiary/aromatic N) is 3. The van der Waals surface area contributed by atoms with Crippen LogP contribution in [0.4, 0.5) is 0 Å². The minimum atomic E-state index is -0.456. The molecule has 3 aromatic rings. The maximum Gasteiger partial charge on any atom is 0.233 e. The van der Waals surface area contributed by atoms with Gasteiger partial charge in [0.25, 0.3) is 0 Å². The molecule has 0 radical (unpaired) electrons. The highest BCUT2D eigenvalue weighted by atomic mass is 35.5. The first kappa shape index (κ1) is 17.4. The highest BCUT2D eigenvalue weighted by Gasteiger charge is 2.54.